The highest BCUT2D eigenvalue weighted by atomic mass is 19.4. The molecule has 0 saturated carbocycles. The number of carbonyl (C=O) groups is 2. The third-order valence-corrected chi connectivity index (χ3v) is 2.39. The number of halogens is 4. The van der Waals surface area contributed by atoms with E-state index in [4.69, 9.17) is 4.74 Å². The molecular formula is C14H15F4NO3. The average molecular weight is 321 g/mol. The molecule has 4 nitrogen and oxygen atoms in total. The first-order chi connectivity index (χ1) is 9.90. The number of alkyl halides is 3. The Kier molecular flexibility index (Phi) is 5.16. The lowest BCUT2D eigenvalue weighted by Crippen LogP contribution is -2.35. The molecule has 0 saturated heterocycles. The van der Waals surface area contributed by atoms with Gasteiger partial charge in [0, 0.05) is 5.56 Å². The number of benzene rings is 1. The summed E-state index contributed by atoms with van der Waals surface area (Å²) in [6, 6.07) is 1.89. The predicted molar refractivity (Wildman–Crippen MR) is 70.0 cm³/mol. The second kappa shape index (κ2) is 6.33. The summed E-state index contributed by atoms with van der Waals surface area (Å²) in [5.74, 6) is -2.26. The van der Waals surface area contributed by atoms with Gasteiger partial charge in [0.05, 0.1) is 12.1 Å². The summed E-state index contributed by atoms with van der Waals surface area (Å²) < 4.78 is 55.6. The molecule has 8 heteroatoms. The van der Waals surface area contributed by atoms with Gasteiger partial charge >= 0.3 is 12.3 Å². The normalized spacial score (nSPS) is 12.0. The number of amides is 1. The van der Waals surface area contributed by atoms with E-state index in [0.717, 1.165) is 6.07 Å². The Hall–Kier alpha value is -2.12. The Morgan fingerprint density at radius 2 is 1.77 bits per heavy atom. The van der Waals surface area contributed by atoms with Crippen molar-refractivity contribution in [2.24, 2.45) is 0 Å². The lowest BCUT2D eigenvalue weighted by Gasteiger charge is -2.19. The van der Waals surface area contributed by atoms with Crippen molar-refractivity contribution in [3.63, 3.8) is 0 Å². The van der Waals surface area contributed by atoms with Crippen LogP contribution in [0.5, 0.6) is 0 Å². The van der Waals surface area contributed by atoms with Crippen molar-refractivity contribution in [3.8, 4) is 0 Å². The maximum absolute atomic E-state index is 13.1. The fourth-order valence-corrected chi connectivity index (χ4v) is 1.48. The van der Waals surface area contributed by atoms with Crippen molar-refractivity contribution in [2.75, 3.05) is 6.54 Å². The summed E-state index contributed by atoms with van der Waals surface area (Å²) in [6.45, 7) is 4.29. The van der Waals surface area contributed by atoms with Crippen molar-refractivity contribution in [1.82, 2.24) is 5.32 Å². The number of rotatable bonds is 3. The molecule has 0 aliphatic heterocycles. The summed E-state index contributed by atoms with van der Waals surface area (Å²) in [7, 11) is 0. The van der Waals surface area contributed by atoms with Gasteiger partial charge in [0.15, 0.2) is 5.78 Å². The minimum Gasteiger partial charge on any atom is -0.444 e. The summed E-state index contributed by atoms with van der Waals surface area (Å²) in [5, 5.41) is 2.12. The van der Waals surface area contributed by atoms with Gasteiger partial charge in [-0.05, 0) is 39.0 Å². The van der Waals surface area contributed by atoms with Crippen LogP contribution in [0, 0.1) is 5.82 Å². The van der Waals surface area contributed by atoms with E-state index in [-0.39, 0.29) is 5.56 Å². The van der Waals surface area contributed by atoms with Gasteiger partial charge in [0.2, 0.25) is 0 Å². The Morgan fingerprint density at radius 3 is 2.27 bits per heavy atom. The molecule has 0 atom stereocenters. The number of ketones is 1. The molecule has 0 aliphatic rings. The minimum absolute atomic E-state index is 0.357. The largest absolute Gasteiger partial charge is 0.444 e. The number of hydrogen-bond acceptors (Lipinski definition) is 3. The standard InChI is InChI=1S/C14H15F4NO3/c1-13(2,3)22-12(21)19-7-11(20)8-4-5-10(15)9(6-8)14(16,17)18/h4-6H,7H2,1-3H3,(H,19,21). The molecule has 0 fully saturated rings. The van der Waals surface area contributed by atoms with Crippen molar-refractivity contribution in [3.05, 3.63) is 35.1 Å². The Labute approximate surface area is 124 Å². The maximum Gasteiger partial charge on any atom is 0.419 e. The lowest BCUT2D eigenvalue weighted by molar-refractivity contribution is -0.140. The summed E-state index contributed by atoms with van der Waals surface area (Å²) in [5.41, 5.74) is -2.66. The van der Waals surface area contributed by atoms with Gasteiger partial charge in [0.25, 0.3) is 0 Å². The number of Topliss-reactive ketones (excluding diaryl/α,β-unsaturated/α-hetero) is 1. The number of hydrogen-bond donors (Lipinski definition) is 1. The van der Waals surface area contributed by atoms with Gasteiger partial charge in [-0.1, -0.05) is 0 Å². The highest BCUT2D eigenvalue weighted by Crippen LogP contribution is 2.31. The van der Waals surface area contributed by atoms with Crippen LogP contribution in [0.3, 0.4) is 0 Å². The smallest absolute Gasteiger partial charge is 0.419 e. The van der Waals surface area contributed by atoms with Crippen LogP contribution in [-0.2, 0) is 10.9 Å². The SMILES string of the molecule is CC(C)(C)OC(=O)NCC(=O)c1ccc(F)c(C(F)(F)F)c1. The predicted octanol–water partition coefficient (Wildman–Crippen LogP) is 3.55. The molecule has 1 N–H and O–H groups in total. The summed E-state index contributed by atoms with van der Waals surface area (Å²) >= 11 is 0. The summed E-state index contributed by atoms with van der Waals surface area (Å²) in [6.07, 6.45) is -5.78. The summed E-state index contributed by atoms with van der Waals surface area (Å²) in [4.78, 5) is 23.1. The molecule has 1 rings (SSSR count). The van der Waals surface area contributed by atoms with Gasteiger partial charge in [-0.25, -0.2) is 9.18 Å². The molecule has 1 aromatic rings. The Balaban J connectivity index is 2.77. The van der Waals surface area contributed by atoms with Crippen LogP contribution in [0.2, 0.25) is 0 Å². The Bertz CT molecular complexity index is 576. The zero-order valence-corrected chi connectivity index (χ0v) is 12.2. The second-order valence-corrected chi connectivity index (χ2v) is 5.47. The second-order valence-electron chi connectivity index (χ2n) is 5.47. The van der Waals surface area contributed by atoms with Gasteiger partial charge in [-0.3, -0.25) is 4.79 Å². The molecule has 0 heterocycles. The van der Waals surface area contributed by atoms with Crippen LogP contribution in [0.4, 0.5) is 22.4 Å². The van der Waals surface area contributed by atoms with Crippen LogP contribution < -0.4 is 5.32 Å². The van der Waals surface area contributed by atoms with E-state index < -0.39 is 41.6 Å². The molecule has 0 spiro atoms. The van der Waals surface area contributed by atoms with Crippen LogP contribution in [0.25, 0.3) is 0 Å². The third-order valence-electron chi connectivity index (χ3n) is 2.39. The van der Waals surface area contributed by atoms with Gasteiger partial charge in [-0.2, -0.15) is 13.2 Å². The molecule has 0 aromatic heterocycles. The van der Waals surface area contributed by atoms with E-state index in [1.165, 1.54) is 0 Å². The van der Waals surface area contributed by atoms with Crippen molar-refractivity contribution in [1.29, 1.82) is 0 Å². The minimum atomic E-state index is -4.90. The maximum atomic E-state index is 13.1. The molecule has 1 amide bonds. The van der Waals surface area contributed by atoms with Gasteiger partial charge < -0.3 is 10.1 Å². The lowest BCUT2D eigenvalue weighted by atomic mass is 10.1. The third kappa shape index (κ3) is 5.34. The first-order valence-electron chi connectivity index (χ1n) is 6.27. The molecule has 0 bridgehead atoms. The average Bonchev–Trinajstić information content (AvgIpc) is 2.33. The van der Waals surface area contributed by atoms with E-state index >= 15 is 0 Å². The number of carbonyl (C=O) groups excluding carboxylic acids is 2. The van der Waals surface area contributed by atoms with E-state index in [0.29, 0.717) is 12.1 Å². The fraction of sp³-hybridized carbons (Fsp3) is 0.429. The fourth-order valence-electron chi connectivity index (χ4n) is 1.48. The molecule has 122 valence electrons. The van der Waals surface area contributed by atoms with E-state index in [2.05, 4.69) is 5.32 Å². The zero-order valence-electron chi connectivity index (χ0n) is 12.2. The van der Waals surface area contributed by atoms with Crippen LogP contribution in [-0.4, -0.2) is 24.0 Å². The van der Waals surface area contributed by atoms with Crippen LogP contribution in [0.1, 0.15) is 36.7 Å². The van der Waals surface area contributed by atoms with Crippen LogP contribution >= 0.6 is 0 Å². The molecule has 22 heavy (non-hydrogen) atoms. The van der Waals surface area contributed by atoms with E-state index in [1.54, 1.807) is 20.8 Å². The highest BCUT2D eigenvalue weighted by Gasteiger charge is 2.34. The van der Waals surface area contributed by atoms with Gasteiger partial charge in [0.1, 0.15) is 11.4 Å². The first kappa shape index (κ1) is 17.9. The van der Waals surface area contributed by atoms with E-state index in [9.17, 15) is 27.2 Å². The number of ether oxygens (including phenoxy) is 1. The number of nitrogens with one attached hydrogen (secondary N) is 1. The first-order valence-corrected chi connectivity index (χ1v) is 6.27. The topological polar surface area (TPSA) is 55.4 Å². The quantitative estimate of drug-likeness (QED) is 0.684. The van der Waals surface area contributed by atoms with Crippen molar-refractivity contribution in [2.45, 2.75) is 32.5 Å². The zero-order chi connectivity index (χ0) is 17.1. The molecular weight excluding hydrogens is 306 g/mol. The van der Waals surface area contributed by atoms with Crippen LogP contribution in [0.15, 0.2) is 18.2 Å². The van der Waals surface area contributed by atoms with E-state index in [1.807, 2.05) is 0 Å². The molecule has 0 unspecified atom stereocenters. The number of alkyl carbamates (subject to hydrolysis) is 1. The molecule has 1 aromatic carbocycles. The Morgan fingerprint density at radius 1 is 1.18 bits per heavy atom. The van der Waals surface area contributed by atoms with Crippen molar-refractivity contribution < 1.29 is 31.9 Å². The molecule has 0 aliphatic carbocycles. The monoisotopic (exact) mass is 321 g/mol. The van der Waals surface area contributed by atoms with Crippen molar-refractivity contribution >= 4 is 11.9 Å². The van der Waals surface area contributed by atoms with Gasteiger partial charge in [-0.15, -0.1) is 0 Å². The molecule has 0 radical (unpaired) electrons. The highest BCUT2D eigenvalue weighted by molar-refractivity contribution is 5.99.